The predicted molar refractivity (Wildman–Crippen MR) is 268 cm³/mol. The number of amides is 1. The highest BCUT2D eigenvalue weighted by Gasteiger charge is 2.24. The summed E-state index contributed by atoms with van der Waals surface area (Å²) in [7, 11) is 0. The molecule has 62 heavy (non-hydrogen) atoms. The van der Waals surface area contributed by atoms with Crippen molar-refractivity contribution in [2.24, 2.45) is 0 Å². The normalized spacial score (nSPS) is 13.8. The predicted octanol–water partition coefficient (Wildman–Crippen LogP) is 15.8. The van der Waals surface area contributed by atoms with Crippen molar-refractivity contribution >= 4 is 11.9 Å². The summed E-state index contributed by atoms with van der Waals surface area (Å²) in [6, 6.07) is -0.729. The first-order valence-corrected chi connectivity index (χ1v) is 26.2. The lowest BCUT2D eigenvalue weighted by Gasteiger charge is -2.24. The van der Waals surface area contributed by atoms with Crippen LogP contribution < -0.4 is 5.32 Å². The lowest BCUT2D eigenvalue weighted by atomic mass is 10.0. The van der Waals surface area contributed by atoms with E-state index in [1.54, 1.807) is 0 Å². The molecule has 0 aliphatic heterocycles. The van der Waals surface area contributed by atoms with E-state index in [-0.39, 0.29) is 24.9 Å². The first-order chi connectivity index (χ1) is 30.5. The number of esters is 1. The number of unbranched alkanes of at least 4 members (excludes halogenated alkanes) is 23. The first kappa shape index (κ1) is 59.3. The van der Waals surface area contributed by atoms with Gasteiger partial charge in [-0.15, -0.1) is 0 Å². The molecule has 0 saturated heterocycles. The smallest absolute Gasteiger partial charge is 0.306 e. The molecule has 0 aromatic carbocycles. The molecule has 6 nitrogen and oxygen atoms in total. The number of carbonyl (C=O) groups excluding carboxylic acids is 2. The first-order valence-electron chi connectivity index (χ1n) is 26.2. The molecule has 0 aromatic heterocycles. The fraction of sp³-hybridized carbons (Fsp3) is 0.750. The molecule has 3 unspecified atom stereocenters. The second-order valence-electron chi connectivity index (χ2n) is 17.6. The van der Waals surface area contributed by atoms with E-state index in [2.05, 4.69) is 99.0 Å². The van der Waals surface area contributed by atoms with Gasteiger partial charge < -0.3 is 20.3 Å². The Labute approximate surface area is 383 Å². The molecule has 6 heteroatoms. The Balaban J connectivity index is 4.74. The quantitative estimate of drug-likeness (QED) is 0.0245. The lowest BCUT2D eigenvalue weighted by molar-refractivity contribution is -0.151. The molecule has 0 aromatic rings. The number of hydrogen-bond donors (Lipinski definition) is 3. The van der Waals surface area contributed by atoms with Gasteiger partial charge in [0, 0.05) is 6.42 Å². The minimum Gasteiger partial charge on any atom is -0.462 e. The van der Waals surface area contributed by atoms with Crippen LogP contribution >= 0.6 is 0 Å². The van der Waals surface area contributed by atoms with E-state index in [0.717, 1.165) is 64.2 Å². The van der Waals surface area contributed by atoms with Crippen molar-refractivity contribution in [3.8, 4) is 0 Å². The third-order valence-corrected chi connectivity index (χ3v) is 11.5. The molecule has 0 spiro atoms. The second kappa shape index (κ2) is 49.3. The van der Waals surface area contributed by atoms with E-state index < -0.39 is 18.2 Å². The van der Waals surface area contributed by atoms with Crippen LogP contribution in [0.25, 0.3) is 0 Å². The van der Waals surface area contributed by atoms with Crippen LogP contribution in [0.2, 0.25) is 0 Å². The van der Waals surface area contributed by atoms with Crippen LogP contribution in [0.15, 0.2) is 72.9 Å². The largest absolute Gasteiger partial charge is 0.462 e. The van der Waals surface area contributed by atoms with Crippen LogP contribution in [-0.4, -0.2) is 46.9 Å². The van der Waals surface area contributed by atoms with Crippen LogP contribution in [0.5, 0.6) is 0 Å². The molecule has 0 aliphatic carbocycles. The minimum atomic E-state index is -0.810. The standard InChI is InChI=1S/C56H99NO5/c1-4-7-10-13-16-19-22-25-27-28-29-31-34-37-40-43-46-49-56(61)62-52(47-44-41-38-35-32-30-26-23-20-17-14-11-8-5-2)50-55(60)57-53(51-58)54(59)48-45-42-39-36-33-24-21-18-15-12-9-6-3/h16,19,25,27,29-32,35,37-38,40,52-54,58-59H,4-15,17-18,20-24,26,28,33-34,36,39,41-51H2,1-3H3,(H,57,60)/b19-16-,27-25-,31-29-,32-30+,38-35+,40-37-. The Bertz CT molecular complexity index is 1150. The highest BCUT2D eigenvalue weighted by atomic mass is 16.5. The SMILES string of the molecule is CCCCC/C=C\C/C=C\C/C=C\C/C=C\CCCC(=O)OC(CCC/C=C/C=C/CCCCCCCCC)CC(=O)NC(CO)C(O)CCCCCCCCCCCCCC. The zero-order valence-corrected chi connectivity index (χ0v) is 40.7. The number of allylic oxidation sites excluding steroid dienone is 12. The molecule has 0 rings (SSSR count). The van der Waals surface area contributed by atoms with Crippen molar-refractivity contribution in [1.29, 1.82) is 0 Å². The van der Waals surface area contributed by atoms with E-state index >= 15 is 0 Å². The summed E-state index contributed by atoms with van der Waals surface area (Å²) in [6.07, 6.45) is 62.5. The van der Waals surface area contributed by atoms with Gasteiger partial charge in [0.15, 0.2) is 0 Å². The maximum Gasteiger partial charge on any atom is 0.306 e. The molecule has 0 bridgehead atoms. The fourth-order valence-corrected chi connectivity index (χ4v) is 7.54. The van der Waals surface area contributed by atoms with Gasteiger partial charge in [-0.05, 0) is 83.5 Å². The van der Waals surface area contributed by atoms with Gasteiger partial charge in [0.25, 0.3) is 0 Å². The molecule has 0 fully saturated rings. The second-order valence-corrected chi connectivity index (χ2v) is 17.6. The van der Waals surface area contributed by atoms with Crippen molar-refractivity contribution in [3.05, 3.63) is 72.9 Å². The van der Waals surface area contributed by atoms with Gasteiger partial charge in [0.2, 0.25) is 5.91 Å². The maximum absolute atomic E-state index is 13.2. The van der Waals surface area contributed by atoms with E-state index in [1.165, 1.54) is 128 Å². The van der Waals surface area contributed by atoms with E-state index in [1.807, 2.05) is 0 Å². The van der Waals surface area contributed by atoms with Crippen molar-refractivity contribution in [3.63, 3.8) is 0 Å². The van der Waals surface area contributed by atoms with E-state index in [0.29, 0.717) is 25.7 Å². The van der Waals surface area contributed by atoms with E-state index in [4.69, 9.17) is 4.74 Å². The van der Waals surface area contributed by atoms with Gasteiger partial charge >= 0.3 is 5.97 Å². The van der Waals surface area contributed by atoms with Gasteiger partial charge in [-0.3, -0.25) is 9.59 Å². The summed E-state index contributed by atoms with van der Waals surface area (Å²) in [4.78, 5) is 26.1. The molecule has 0 aliphatic rings. The zero-order chi connectivity index (χ0) is 45.2. The number of ether oxygens (including phenoxy) is 1. The van der Waals surface area contributed by atoms with Gasteiger partial charge in [-0.1, -0.05) is 222 Å². The van der Waals surface area contributed by atoms with Crippen LogP contribution in [0.4, 0.5) is 0 Å². The average Bonchev–Trinajstić information content (AvgIpc) is 3.26. The number of hydrogen-bond acceptors (Lipinski definition) is 5. The zero-order valence-electron chi connectivity index (χ0n) is 40.7. The highest BCUT2D eigenvalue weighted by molar-refractivity contribution is 5.77. The summed E-state index contributed by atoms with van der Waals surface area (Å²) < 4.78 is 5.88. The third-order valence-electron chi connectivity index (χ3n) is 11.5. The number of nitrogens with one attached hydrogen (secondary N) is 1. The minimum absolute atomic E-state index is 0.0206. The number of aliphatic hydroxyl groups is 2. The fourth-order valence-electron chi connectivity index (χ4n) is 7.54. The van der Waals surface area contributed by atoms with Crippen LogP contribution in [-0.2, 0) is 14.3 Å². The molecular formula is C56H99NO5. The highest BCUT2D eigenvalue weighted by Crippen LogP contribution is 2.16. The summed E-state index contributed by atoms with van der Waals surface area (Å²) >= 11 is 0. The number of rotatable bonds is 46. The maximum atomic E-state index is 13.2. The summed E-state index contributed by atoms with van der Waals surface area (Å²) in [5.74, 6) is -0.589. The monoisotopic (exact) mass is 866 g/mol. The Morgan fingerprint density at radius 3 is 1.40 bits per heavy atom. The van der Waals surface area contributed by atoms with Crippen molar-refractivity contribution in [2.75, 3.05) is 6.61 Å². The molecular weight excluding hydrogens is 767 g/mol. The molecule has 3 N–H and O–H groups in total. The average molecular weight is 866 g/mol. The molecule has 0 saturated carbocycles. The van der Waals surface area contributed by atoms with Crippen LogP contribution in [0.1, 0.15) is 245 Å². The summed E-state index contributed by atoms with van der Waals surface area (Å²) in [6.45, 7) is 6.42. The molecule has 0 radical (unpaired) electrons. The van der Waals surface area contributed by atoms with Crippen LogP contribution in [0, 0.1) is 0 Å². The van der Waals surface area contributed by atoms with Gasteiger partial charge in [0.1, 0.15) is 6.10 Å². The van der Waals surface area contributed by atoms with Crippen molar-refractivity contribution in [1.82, 2.24) is 5.32 Å². The van der Waals surface area contributed by atoms with Gasteiger partial charge in [-0.25, -0.2) is 0 Å². The van der Waals surface area contributed by atoms with Crippen molar-refractivity contribution in [2.45, 2.75) is 264 Å². The third kappa shape index (κ3) is 43.9. The lowest BCUT2D eigenvalue weighted by Crippen LogP contribution is -2.46. The Hall–Kier alpha value is -2.70. The Morgan fingerprint density at radius 1 is 0.484 bits per heavy atom. The summed E-state index contributed by atoms with van der Waals surface area (Å²) in [5.41, 5.74) is 0. The Morgan fingerprint density at radius 2 is 0.887 bits per heavy atom. The molecule has 1 amide bonds. The molecule has 3 atom stereocenters. The van der Waals surface area contributed by atoms with Gasteiger partial charge in [0.05, 0.1) is 25.2 Å². The van der Waals surface area contributed by atoms with E-state index in [9.17, 15) is 19.8 Å². The molecule has 0 heterocycles. The van der Waals surface area contributed by atoms with Gasteiger partial charge in [-0.2, -0.15) is 0 Å². The Kier molecular flexibility index (Phi) is 47.2. The number of carbonyl (C=O) groups is 2. The molecule has 358 valence electrons. The summed E-state index contributed by atoms with van der Waals surface area (Å²) in [5, 5.41) is 23.7. The van der Waals surface area contributed by atoms with Crippen molar-refractivity contribution < 1.29 is 24.5 Å². The topological polar surface area (TPSA) is 95.9 Å². The van der Waals surface area contributed by atoms with Crippen LogP contribution in [0.3, 0.4) is 0 Å². The number of aliphatic hydroxyl groups excluding tert-OH is 2.